The van der Waals surface area contributed by atoms with Crippen molar-refractivity contribution in [3.8, 4) is 17.1 Å². The number of nitrogens with zero attached hydrogens (tertiary/aromatic N) is 2. The lowest BCUT2D eigenvalue weighted by Crippen LogP contribution is -2.36. The molecule has 2 aromatic heterocycles. The second-order valence-corrected chi connectivity index (χ2v) is 7.19. The molecule has 7 nitrogen and oxygen atoms in total. The number of esters is 1. The Labute approximate surface area is 191 Å². The molecule has 4 aromatic rings. The fourth-order valence-electron chi connectivity index (χ4n) is 3.10. The third-order valence-electron chi connectivity index (χ3n) is 4.65. The van der Waals surface area contributed by atoms with Gasteiger partial charge in [-0.15, -0.1) is 0 Å². The van der Waals surface area contributed by atoms with Gasteiger partial charge in [-0.05, 0) is 30.3 Å². The van der Waals surface area contributed by atoms with Crippen LogP contribution < -0.4 is 5.32 Å². The van der Waals surface area contributed by atoms with Crippen LogP contribution in [-0.4, -0.2) is 41.0 Å². The fourth-order valence-corrected chi connectivity index (χ4v) is 3.10. The van der Waals surface area contributed by atoms with Gasteiger partial charge in [0.1, 0.15) is 17.8 Å². The third-order valence-corrected chi connectivity index (χ3v) is 4.65. The van der Waals surface area contributed by atoms with Crippen molar-refractivity contribution in [1.29, 1.82) is 0 Å². The number of benzene rings is 2. The maximum atomic E-state index is 12.1. The highest BCUT2D eigenvalue weighted by Gasteiger charge is 2.27. The number of carbonyl (C=O) groups excluding carboxylic acids is 2. The topological polar surface area (TPSA) is 86.4 Å². The predicted molar refractivity (Wildman–Crippen MR) is 118 cm³/mol. The van der Waals surface area contributed by atoms with Gasteiger partial charge in [-0.25, -0.2) is 9.48 Å². The van der Waals surface area contributed by atoms with Crippen molar-refractivity contribution in [2.24, 2.45) is 0 Å². The monoisotopic (exact) mass is 469 g/mol. The molecule has 1 amide bonds. The molecule has 0 aliphatic rings. The molecule has 0 spiro atoms. The standard InChI is InChI=1S/C24H18F3N3O4/c25-24(26,27)15-28-21(31)14-33-22(32)11-10-17-13-30(18-7-2-1-3-8-18)29-23(17)20-12-16-6-4-5-9-19(16)34-20/h1-13H,14-15H2,(H,28,31). The first-order valence-corrected chi connectivity index (χ1v) is 10.1. The van der Waals surface area contributed by atoms with Gasteiger partial charge >= 0.3 is 12.1 Å². The number of fused-ring (bicyclic) bond motifs is 1. The molecule has 0 unspecified atom stereocenters. The first-order chi connectivity index (χ1) is 16.3. The Morgan fingerprint density at radius 2 is 1.82 bits per heavy atom. The van der Waals surface area contributed by atoms with Gasteiger partial charge in [0.25, 0.3) is 5.91 Å². The van der Waals surface area contributed by atoms with Gasteiger partial charge in [-0.1, -0.05) is 36.4 Å². The molecule has 0 atom stereocenters. The number of furan rings is 1. The van der Waals surface area contributed by atoms with E-state index >= 15 is 0 Å². The smallest absolute Gasteiger partial charge is 0.405 e. The van der Waals surface area contributed by atoms with E-state index in [4.69, 9.17) is 9.15 Å². The van der Waals surface area contributed by atoms with Crippen molar-refractivity contribution >= 4 is 28.9 Å². The number of nitrogens with one attached hydrogen (secondary N) is 1. The molecule has 34 heavy (non-hydrogen) atoms. The van der Waals surface area contributed by atoms with Crippen molar-refractivity contribution in [1.82, 2.24) is 15.1 Å². The maximum Gasteiger partial charge on any atom is 0.405 e. The lowest BCUT2D eigenvalue weighted by atomic mass is 10.2. The molecule has 0 saturated heterocycles. The van der Waals surface area contributed by atoms with Gasteiger partial charge in [0.15, 0.2) is 12.4 Å². The molecule has 0 bridgehead atoms. The number of carbonyl (C=O) groups is 2. The molecule has 0 saturated carbocycles. The van der Waals surface area contributed by atoms with Crippen molar-refractivity contribution in [3.63, 3.8) is 0 Å². The summed E-state index contributed by atoms with van der Waals surface area (Å²) in [7, 11) is 0. The predicted octanol–water partition coefficient (Wildman–Crippen LogP) is 4.52. The minimum Gasteiger partial charge on any atom is -0.454 e. The van der Waals surface area contributed by atoms with Crippen LogP contribution in [0.1, 0.15) is 5.56 Å². The second-order valence-electron chi connectivity index (χ2n) is 7.19. The first-order valence-electron chi connectivity index (χ1n) is 10.1. The summed E-state index contributed by atoms with van der Waals surface area (Å²) in [6, 6.07) is 18.6. The zero-order valence-corrected chi connectivity index (χ0v) is 17.6. The Kier molecular flexibility index (Phi) is 6.48. The summed E-state index contributed by atoms with van der Waals surface area (Å²) < 4.78 is 48.7. The van der Waals surface area contributed by atoms with Crippen LogP contribution in [0.15, 0.2) is 77.4 Å². The van der Waals surface area contributed by atoms with Crippen LogP contribution in [0.25, 0.3) is 34.2 Å². The zero-order valence-electron chi connectivity index (χ0n) is 17.6. The van der Waals surface area contributed by atoms with Crippen molar-refractivity contribution in [2.45, 2.75) is 6.18 Å². The van der Waals surface area contributed by atoms with E-state index in [1.54, 1.807) is 16.2 Å². The average molecular weight is 469 g/mol. The van der Waals surface area contributed by atoms with Gasteiger partial charge in [-0.3, -0.25) is 4.79 Å². The van der Waals surface area contributed by atoms with Gasteiger partial charge in [0.05, 0.1) is 5.69 Å². The summed E-state index contributed by atoms with van der Waals surface area (Å²) >= 11 is 0. The number of ether oxygens (including phenoxy) is 1. The van der Waals surface area contributed by atoms with Crippen LogP contribution in [0, 0.1) is 0 Å². The highest BCUT2D eigenvalue weighted by molar-refractivity contribution is 5.91. The lowest BCUT2D eigenvalue weighted by Gasteiger charge is -2.07. The minimum absolute atomic E-state index is 0.465. The van der Waals surface area contributed by atoms with Crippen LogP contribution in [0.3, 0.4) is 0 Å². The van der Waals surface area contributed by atoms with Crippen molar-refractivity contribution < 1.29 is 31.9 Å². The summed E-state index contributed by atoms with van der Waals surface area (Å²) in [6.45, 7) is -2.34. The number of aromatic nitrogens is 2. The number of halogens is 3. The highest BCUT2D eigenvalue weighted by atomic mass is 19.4. The van der Waals surface area contributed by atoms with Gasteiger partial charge in [0, 0.05) is 23.2 Å². The van der Waals surface area contributed by atoms with Gasteiger partial charge in [0.2, 0.25) is 0 Å². The molecule has 0 radical (unpaired) electrons. The number of hydrogen-bond donors (Lipinski definition) is 1. The molecule has 10 heteroatoms. The highest BCUT2D eigenvalue weighted by Crippen LogP contribution is 2.30. The Morgan fingerprint density at radius 1 is 1.09 bits per heavy atom. The van der Waals surface area contributed by atoms with E-state index in [2.05, 4.69) is 5.10 Å². The fraction of sp³-hybridized carbons (Fsp3) is 0.125. The number of hydrogen-bond acceptors (Lipinski definition) is 5. The van der Waals surface area contributed by atoms with E-state index in [1.807, 2.05) is 60.7 Å². The Balaban J connectivity index is 1.54. The van der Waals surface area contributed by atoms with Crippen LogP contribution in [0.2, 0.25) is 0 Å². The molecule has 174 valence electrons. The molecular formula is C24H18F3N3O4. The van der Waals surface area contributed by atoms with E-state index in [9.17, 15) is 22.8 Å². The van der Waals surface area contributed by atoms with Gasteiger partial charge in [-0.2, -0.15) is 18.3 Å². The van der Waals surface area contributed by atoms with E-state index < -0.39 is 31.2 Å². The van der Waals surface area contributed by atoms with Crippen molar-refractivity contribution in [2.75, 3.05) is 13.2 Å². The molecular weight excluding hydrogens is 451 g/mol. The Hall–Kier alpha value is -4.34. The quantitative estimate of drug-likeness (QED) is 0.318. The number of para-hydroxylation sites is 2. The molecule has 2 aromatic carbocycles. The summed E-state index contributed by atoms with van der Waals surface area (Å²) in [5.41, 5.74) is 2.45. The second kappa shape index (κ2) is 9.65. The van der Waals surface area contributed by atoms with Crippen LogP contribution in [-0.2, 0) is 14.3 Å². The summed E-state index contributed by atoms with van der Waals surface area (Å²) in [6.07, 6.45) is -0.357. The third kappa shape index (κ3) is 5.71. The zero-order chi connectivity index (χ0) is 24.1. The minimum atomic E-state index is -4.55. The Morgan fingerprint density at radius 3 is 2.56 bits per heavy atom. The Bertz CT molecular complexity index is 1310. The van der Waals surface area contributed by atoms with E-state index in [-0.39, 0.29) is 0 Å². The molecule has 0 aliphatic heterocycles. The van der Waals surface area contributed by atoms with Gasteiger partial charge < -0.3 is 14.5 Å². The summed E-state index contributed by atoms with van der Waals surface area (Å²) in [4.78, 5) is 23.4. The molecule has 0 fully saturated rings. The van der Waals surface area contributed by atoms with Crippen LogP contribution in [0.4, 0.5) is 13.2 Å². The van der Waals surface area contributed by atoms with Crippen LogP contribution in [0.5, 0.6) is 0 Å². The normalized spacial score (nSPS) is 11.7. The van der Waals surface area contributed by atoms with E-state index in [0.717, 1.165) is 17.1 Å². The number of rotatable bonds is 7. The van der Waals surface area contributed by atoms with Crippen LogP contribution >= 0.6 is 0 Å². The average Bonchev–Trinajstić information content (AvgIpc) is 3.44. The lowest BCUT2D eigenvalue weighted by molar-refractivity contribution is -0.148. The molecule has 1 N–H and O–H groups in total. The summed E-state index contributed by atoms with van der Waals surface area (Å²) in [5, 5.41) is 7.10. The SMILES string of the molecule is O=C(COC(=O)C=Cc1cn(-c2ccccc2)nc1-c1cc2ccccc2o1)NCC(F)(F)F. The number of alkyl halides is 3. The summed E-state index contributed by atoms with van der Waals surface area (Å²) in [5.74, 6) is -1.47. The molecule has 2 heterocycles. The largest absolute Gasteiger partial charge is 0.454 e. The number of amides is 1. The molecule has 0 aliphatic carbocycles. The molecule has 4 rings (SSSR count). The van der Waals surface area contributed by atoms with E-state index in [1.165, 1.54) is 6.08 Å². The van der Waals surface area contributed by atoms with E-state index in [0.29, 0.717) is 22.6 Å². The maximum absolute atomic E-state index is 12.1. The first kappa shape index (κ1) is 22.8. The van der Waals surface area contributed by atoms with Crippen molar-refractivity contribution in [3.05, 3.63) is 78.5 Å².